The first kappa shape index (κ1) is 12.1. The highest BCUT2D eigenvalue weighted by molar-refractivity contribution is 6.76. The number of benzene rings is 2. The van der Waals surface area contributed by atoms with Crippen molar-refractivity contribution in [3.63, 3.8) is 0 Å². The van der Waals surface area contributed by atoms with Gasteiger partial charge in [-0.05, 0) is 28.4 Å². The molecule has 0 aromatic heterocycles. The van der Waals surface area contributed by atoms with Gasteiger partial charge in [-0.1, -0.05) is 68.2 Å². The third kappa shape index (κ3) is 3.57. The Morgan fingerprint density at radius 2 is 1.65 bits per heavy atom. The van der Waals surface area contributed by atoms with Gasteiger partial charge in [0.05, 0.1) is 0 Å². The molecule has 0 bridgehead atoms. The van der Waals surface area contributed by atoms with Gasteiger partial charge in [0.2, 0.25) is 0 Å². The fraction of sp³-hybridized carbons (Fsp3) is 0.250. The minimum Gasteiger partial charge on any atom is -0.0866 e. The Hall–Kier alpha value is -1.34. The summed E-state index contributed by atoms with van der Waals surface area (Å²) in [5.41, 5.74) is 1.31. The second kappa shape index (κ2) is 4.88. The van der Waals surface area contributed by atoms with Gasteiger partial charge in [-0.15, -0.1) is 0 Å². The van der Waals surface area contributed by atoms with Crippen molar-refractivity contribution in [2.45, 2.75) is 25.7 Å². The van der Waals surface area contributed by atoms with E-state index in [0.29, 0.717) is 0 Å². The zero-order chi connectivity index (χ0) is 12.3. The summed E-state index contributed by atoms with van der Waals surface area (Å²) in [6.45, 7) is 7.20. The van der Waals surface area contributed by atoms with Crippen LogP contribution in [0.3, 0.4) is 0 Å². The molecule has 88 valence electrons. The summed E-state index contributed by atoms with van der Waals surface area (Å²) in [7, 11) is -0.952. The molecule has 17 heavy (non-hydrogen) atoms. The third-order valence-corrected chi connectivity index (χ3v) is 4.27. The van der Waals surface area contributed by atoms with E-state index >= 15 is 0 Å². The van der Waals surface area contributed by atoms with E-state index < -0.39 is 8.07 Å². The number of hydrogen-bond donors (Lipinski definition) is 0. The minimum absolute atomic E-state index is 0.952. The Morgan fingerprint density at radius 1 is 0.941 bits per heavy atom. The molecule has 2 aromatic carbocycles. The topological polar surface area (TPSA) is 0 Å². The molecule has 0 aliphatic rings. The van der Waals surface area contributed by atoms with E-state index in [1.807, 2.05) is 0 Å². The van der Waals surface area contributed by atoms with Gasteiger partial charge in [0.25, 0.3) is 0 Å². The maximum absolute atomic E-state index is 2.40. The highest BCUT2D eigenvalue weighted by Crippen LogP contribution is 2.17. The molecular formula is C16H20Si. The van der Waals surface area contributed by atoms with Gasteiger partial charge >= 0.3 is 0 Å². The minimum atomic E-state index is -0.952. The molecule has 0 unspecified atom stereocenters. The van der Waals surface area contributed by atoms with Crippen LogP contribution in [-0.2, 0) is 0 Å². The van der Waals surface area contributed by atoms with E-state index in [4.69, 9.17) is 0 Å². The predicted octanol–water partition coefficient (Wildman–Crippen LogP) is 5.19. The normalized spacial score (nSPS) is 12.4. The molecule has 0 radical (unpaired) electrons. The van der Waals surface area contributed by atoms with E-state index in [1.54, 1.807) is 0 Å². The highest BCUT2D eigenvalue weighted by Gasteiger charge is 2.09. The largest absolute Gasteiger partial charge is 0.0866 e. The molecule has 0 aliphatic heterocycles. The van der Waals surface area contributed by atoms with Crippen molar-refractivity contribution >= 4 is 24.9 Å². The summed E-state index contributed by atoms with van der Waals surface area (Å²) < 4.78 is 0. The zero-order valence-electron chi connectivity index (χ0n) is 10.9. The molecule has 2 aromatic rings. The zero-order valence-corrected chi connectivity index (χ0v) is 11.9. The van der Waals surface area contributed by atoms with Crippen LogP contribution < -0.4 is 0 Å². The van der Waals surface area contributed by atoms with Crippen molar-refractivity contribution in [2.24, 2.45) is 0 Å². The molecular weight excluding hydrogens is 220 g/mol. The molecule has 1 heteroatoms. The summed E-state index contributed by atoms with van der Waals surface area (Å²) in [6, 6.07) is 16.4. The smallest absolute Gasteiger partial charge is 0.0480 e. The quantitative estimate of drug-likeness (QED) is 0.648. The Morgan fingerprint density at radius 3 is 2.35 bits per heavy atom. The van der Waals surface area contributed by atoms with Crippen molar-refractivity contribution in [3.8, 4) is 0 Å². The molecule has 0 saturated carbocycles. The first-order chi connectivity index (χ1) is 8.04. The van der Waals surface area contributed by atoms with Crippen LogP contribution in [0.5, 0.6) is 0 Å². The summed E-state index contributed by atoms with van der Waals surface area (Å²) in [5.74, 6) is 0. The van der Waals surface area contributed by atoms with Crippen LogP contribution in [0, 0.1) is 0 Å². The monoisotopic (exact) mass is 240 g/mol. The molecule has 0 atom stereocenters. The van der Waals surface area contributed by atoms with Crippen LogP contribution in [0.2, 0.25) is 25.7 Å². The maximum atomic E-state index is 2.40. The van der Waals surface area contributed by atoms with E-state index in [0.717, 1.165) is 0 Å². The van der Waals surface area contributed by atoms with Crippen molar-refractivity contribution in [1.82, 2.24) is 0 Å². The van der Waals surface area contributed by atoms with Gasteiger partial charge in [-0.2, -0.15) is 0 Å². The molecule has 0 spiro atoms. The molecule has 2 rings (SSSR count). The summed E-state index contributed by atoms with van der Waals surface area (Å²) in [4.78, 5) is 0. The lowest BCUT2D eigenvalue weighted by Gasteiger charge is -2.11. The van der Waals surface area contributed by atoms with Crippen LogP contribution in [0.1, 0.15) is 5.56 Å². The van der Waals surface area contributed by atoms with Gasteiger partial charge in [-0.25, -0.2) is 0 Å². The van der Waals surface area contributed by atoms with Gasteiger partial charge in [0, 0.05) is 8.07 Å². The van der Waals surface area contributed by atoms with E-state index in [2.05, 4.69) is 74.3 Å². The SMILES string of the molecule is C[Si](C)(C)C/C=C\c1ccc2ccccc2c1. The number of rotatable bonds is 3. The van der Waals surface area contributed by atoms with E-state index in [-0.39, 0.29) is 0 Å². The predicted molar refractivity (Wildman–Crippen MR) is 81.1 cm³/mol. The van der Waals surface area contributed by atoms with Crippen molar-refractivity contribution in [1.29, 1.82) is 0 Å². The number of fused-ring (bicyclic) bond motifs is 1. The Labute approximate surface area is 105 Å². The fourth-order valence-corrected chi connectivity index (χ4v) is 2.68. The summed E-state index contributed by atoms with van der Waals surface area (Å²) in [5, 5.41) is 2.64. The molecule has 0 saturated heterocycles. The second-order valence-electron chi connectivity index (χ2n) is 5.77. The average molecular weight is 240 g/mol. The first-order valence-electron chi connectivity index (χ1n) is 6.20. The molecule has 0 fully saturated rings. The lowest BCUT2D eigenvalue weighted by molar-refractivity contribution is 1.52. The van der Waals surface area contributed by atoms with E-state index in [1.165, 1.54) is 22.4 Å². The van der Waals surface area contributed by atoms with Crippen LogP contribution in [-0.4, -0.2) is 8.07 Å². The standard InChI is InChI=1S/C16H20Si/c1-17(2,3)12-6-7-14-10-11-15-8-4-5-9-16(15)13-14/h4-11,13H,12H2,1-3H3/b7-6-. The van der Waals surface area contributed by atoms with Crippen LogP contribution in [0.4, 0.5) is 0 Å². The second-order valence-corrected chi connectivity index (χ2v) is 11.3. The van der Waals surface area contributed by atoms with Gasteiger partial charge in [0.1, 0.15) is 0 Å². The highest BCUT2D eigenvalue weighted by atomic mass is 28.3. The Bertz CT molecular complexity index is 532. The first-order valence-corrected chi connectivity index (χ1v) is 9.91. The average Bonchev–Trinajstić information content (AvgIpc) is 2.27. The van der Waals surface area contributed by atoms with E-state index in [9.17, 15) is 0 Å². The molecule has 0 nitrogen and oxygen atoms in total. The Balaban J connectivity index is 2.20. The molecule has 0 aliphatic carbocycles. The van der Waals surface area contributed by atoms with Gasteiger partial charge in [0.15, 0.2) is 0 Å². The lowest BCUT2D eigenvalue weighted by atomic mass is 10.1. The molecule has 0 amide bonds. The van der Waals surface area contributed by atoms with Crippen LogP contribution in [0.15, 0.2) is 48.5 Å². The van der Waals surface area contributed by atoms with Crippen molar-refractivity contribution in [3.05, 3.63) is 54.1 Å². The molecule has 0 heterocycles. The van der Waals surface area contributed by atoms with Gasteiger partial charge < -0.3 is 0 Å². The fourth-order valence-electron chi connectivity index (χ4n) is 1.86. The molecule has 0 N–H and O–H groups in total. The third-order valence-electron chi connectivity index (χ3n) is 2.81. The lowest BCUT2D eigenvalue weighted by Crippen LogP contribution is -2.17. The van der Waals surface area contributed by atoms with Gasteiger partial charge in [-0.3, -0.25) is 0 Å². The van der Waals surface area contributed by atoms with Crippen molar-refractivity contribution < 1.29 is 0 Å². The number of allylic oxidation sites excluding steroid dienone is 1. The summed E-state index contributed by atoms with van der Waals surface area (Å²) >= 11 is 0. The Kier molecular flexibility index (Phi) is 3.48. The van der Waals surface area contributed by atoms with Crippen molar-refractivity contribution in [2.75, 3.05) is 0 Å². The maximum Gasteiger partial charge on any atom is 0.0480 e. The number of hydrogen-bond acceptors (Lipinski definition) is 0. The summed E-state index contributed by atoms with van der Waals surface area (Å²) in [6.07, 6.45) is 4.58. The van der Waals surface area contributed by atoms with Crippen LogP contribution >= 0.6 is 0 Å². The van der Waals surface area contributed by atoms with Crippen LogP contribution in [0.25, 0.3) is 16.8 Å².